The molecule has 6 heteroatoms. The van der Waals surface area contributed by atoms with E-state index in [0.717, 1.165) is 51.4 Å². The molecule has 0 aliphatic heterocycles. The summed E-state index contributed by atoms with van der Waals surface area (Å²) in [6, 6.07) is -0.670. The number of carbonyl (C=O) groups is 2. The van der Waals surface area contributed by atoms with Crippen LogP contribution in [-0.2, 0) is 14.3 Å². The summed E-state index contributed by atoms with van der Waals surface area (Å²) in [6.45, 7) is 4.83. The van der Waals surface area contributed by atoms with E-state index in [-0.39, 0.29) is 18.5 Å². The minimum Gasteiger partial charge on any atom is -0.466 e. The van der Waals surface area contributed by atoms with Crippen molar-refractivity contribution in [2.24, 2.45) is 0 Å². The van der Waals surface area contributed by atoms with Crippen molar-refractivity contribution in [1.29, 1.82) is 0 Å². The van der Waals surface area contributed by atoms with Crippen molar-refractivity contribution in [3.05, 3.63) is 36.5 Å². The summed E-state index contributed by atoms with van der Waals surface area (Å²) in [6.07, 6.45) is 58.7. The third-order valence-electron chi connectivity index (χ3n) is 11.7. The summed E-state index contributed by atoms with van der Waals surface area (Å²) in [5.41, 5.74) is 0. The predicted molar refractivity (Wildman–Crippen MR) is 255 cm³/mol. The van der Waals surface area contributed by atoms with E-state index < -0.39 is 12.1 Å². The summed E-state index contributed by atoms with van der Waals surface area (Å²) >= 11 is 0. The Morgan fingerprint density at radius 1 is 0.475 bits per heavy atom. The Morgan fingerprint density at radius 3 is 1.32 bits per heavy atom. The highest BCUT2D eigenvalue weighted by Gasteiger charge is 2.17. The molecule has 2 atom stereocenters. The second kappa shape index (κ2) is 48.7. The second-order valence-electron chi connectivity index (χ2n) is 17.5. The van der Waals surface area contributed by atoms with Crippen molar-refractivity contribution in [1.82, 2.24) is 5.32 Å². The van der Waals surface area contributed by atoms with Gasteiger partial charge in [0.15, 0.2) is 0 Å². The van der Waals surface area contributed by atoms with Gasteiger partial charge in [0.05, 0.1) is 25.4 Å². The Labute approximate surface area is 366 Å². The van der Waals surface area contributed by atoms with Crippen molar-refractivity contribution in [2.75, 3.05) is 13.2 Å². The highest BCUT2D eigenvalue weighted by Crippen LogP contribution is 2.16. The zero-order chi connectivity index (χ0) is 43.0. The third kappa shape index (κ3) is 45.4. The number of esters is 1. The number of allylic oxidation sites excluding steroid dienone is 5. The molecule has 59 heavy (non-hydrogen) atoms. The Bertz CT molecular complexity index is 962. The minimum absolute atomic E-state index is 0.0153. The van der Waals surface area contributed by atoms with E-state index >= 15 is 0 Å². The number of hydrogen-bond acceptors (Lipinski definition) is 5. The van der Waals surface area contributed by atoms with Gasteiger partial charge in [0.25, 0.3) is 0 Å². The van der Waals surface area contributed by atoms with Crippen LogP contribution >= 0.6 is 0 Å². The third-order valence-corrected chi connectivity index (χ3v) is 11.7. The molecule has 0 aliphatic rings. The van der Waals surface area contributed by atoms with Crippen LogP contribution in [-0.4, -0.2) is 47.4 Å². The number of amides is 1. The van der Waals surface area contributed by atoms with E-state index in [4.69, 9.17) is 4.74 Å². The van der Waals surface area contributed by atoms with Gasteiger partial charge in [-0.25, -0.2) is 0 Å². The molecule has 6 nitrogen and oxygen atoms in total. The van der Waals surface area contributed by atoms with E-state index in [0.29, 0.717) is 25.9 Å². The largest absolute Gasteiger partial charge is 0.466 e. The van der Waals surface area contributed by atoms with Crippen molar-refractivity contribution < 1.29 is 24.5 Å². The SMILES string of the molecule is CCCCCCCCCCCC/C=C/C(O)C(CO)NC(=O)CC/C=C\C/C=C\CCCCCCCCOC(=O)CCCCCCCCCCCCCCCCCCC. The van der Waals surface area contributed by atoms with Crippen molar-refractivity contribution in [3.8, 4) is 0 Å². The van der Waals surface area contributed by atoms with Gasteiger partial charge < -0.3 is 20.3 Å². The smallest absolute Gasteiger partial charge is 0.305 e. The maximum Gasteiger partial charge on any atom is 0.305 e. The van der Waals surface area contributed by atoms with Gasteiger partial charge >= 0.3 is 5.97 Å². The summed E-state index contributed by atoms with van der Waals surface area (Å²) < 4.78 is 5.46. The monoisotopic (exact) mass is 830 g/mol. The van der Waals surface area contributed by atoms with Gasteiger partial charge in [-0.3, -0.25) is 9.59 Å². The van der Waals surface area contributed by atoms with Crippen molar-refractivity contribution in [2.45, 2.75) is 276 Å². The van der Waals surface area contributed by atoms with Gasteiger partial charge in [0.1, 0.15) is 0 Å². The van der Waals surface area contributed by atoms with Crippen molar-refractivity contribution >= 4 is 11.9 Å². The molecule has 0 spiro atoms. The minimum atomic E-state index is -0.877. The van der Waals surface area contributed by atoms with Gasteiger partial charge in [0.2, 0.25) is 5.91 Å². The maximum atomic E-state index is 12.4. The zero-order valence-corrected chi connectivity index (χ0v) is 39.2. The number of aliphatic hydroxyl groups excluding tert-OH is 2. The lowest BCUT2D eigenvalue weighted by Gasteiger charge is -2.19. The molecule has 2 unspecified atom stereocenters. The van der Waals surface area contributed by atoms with E-state index in [1.807, 2.05) is 12.2 Å². The zero-order valence-electron chi connectivity index (χ0n) is 39.2. The lowest BCUT2D eigenvalue weighted by Crippen LogP contribution is -2.45. The fourth-order valence-electron chi connectivity index (χ4n) is 7.68. The topological polar surface area (TPSA) is 95.9 Å². The summed E-state index contributed by atoms with van der Waals surface area (Å²) in [7, 11) is 0. The number of ether oxygens (including phenoxy) is 1. The molecule has 0 aromatic carbocycles. The first-order chi connectivity index (χ1) is 29.0. The first kappa shape index (κ1) is 57.1. The average Bonchev–Trinajstić information content (AvgIpc) is 3.24. The van der Waals surface area contributed by atoms with E-state index in [9.17, 15) is 19.8 Å². The number of nitrogens with one attached hydrogen (secondary N) is 1. The van der Waals surface area contributed by atoms with Gasteiger partial charge in [-0.05, 0) is 51.4 Å². The van der Waals surface area contributed by atoms with Crippen LogP contribution in [0.5, 0.6) is 0 Å². The standard InChI is InChI=1S/C53H99NO5/c1-3-5-7-9-11-13-15-17-18-19-20-23-27-31-35-39-43-47-53(58)59-48-44-40-36-32-28-24-21-22-26-30-34-38-42-46-52(57)54-50(49-55)51(56)45-41-37-33-29-25-16-14-12-10-8-6-4-2/h22,26,34,38,41,45,50-51,55-56H,3-21,23-25,27-33,35-37,39-40,42-44,46-49H2,1-2H3,(H,54,57)/b26-22-,38-34-,45-41+. The van der Waals surface area contributed by atoms with Gasteiger partial charge in [-0.15, -0.1) is 0 Å². The Kier molecular flexibility index (Phi) is 47.2. The quantitative estimate of drug-likeness (QED) is 0.0323. The Morgan fingerprint density at radius 2 is 0.864 bits per heavy atom. The first-order valence-corrected chi connectivity index (χ1v) is 25.8. The molecular formula is C53H99NO5. The van der Waals surface area contributed by atoms with Crippen LogP contribution in [0.2, 0.25) is 0 Å². The van der Waals surface area contributed by atoms with Gasteiger partial charge in [-0.1, -0.05) is 237 Å². The molecule has 0 radical (unpaired) electrons. The summed E-state index contributed by atoms with van der Waals surface area (Å²) in [4.78, 5) is 24.4. The Balaban J connectivity index is 3.54. The van der Waals surface area contributed by atoms with Crippen molar-refractivity contribution in [3.63, 3.8) is 0 Å². The van der Waals surface area contributed by atoms with Crippen LogP contribution in [0.25, 0.3) is 0 Å². The number of aliphatic hydroxyl groups is 2. The maximum absolute atomic E-state index is 12.4. The number of hydrogen-bond donors (Lipinski definition) is 3. The lowest BCUT2D eigenvalue weighted by atomic mass is 10.0. The fraction of sp³-hybridized carbons (Fsp3) is 0.849. The van der Waals surface area contributed by atoms with E-state index in [1.54, 1.807) is 6.08 Å². The molecule has 0 aromatic heterocycles. The number of carbonyl (C=O) groups excluding carboxylic acids is 2. The van der Waals surface area contributed by atoms with Crippen LogP contribution in [0.15, 0.2) is 36.5 Å². The molecule has 1 amide bonds. The first-order valence-electron chi connectivity index (χ1n) is 25.8. The molecule has 0 heterocycles. The van der Waals surface area contributed by atoms with Gasteiger partial charge in [-0.2, -0.15) is 0 Å². The second-order valence-corrected chi connectivity index (χ2v) is 17.5. The summed E-state index contributed by atoms with van der Waals surface area (Å²) in [5.74, 6) is -0.165. The predicted octanol–water partition coefficient (Wildman–Crippen LogP) is 15.3. The molecule has 0 saturated carbocycles. The fourth-order valence-corrected chi connectivity index (χ4v) is 7.68. The highest BCUT2D eigenvalue weighted by atomic mass is 16.5. The molecule has 346 valence electrons. The molecule has 0 aromatic rings. The summed E-state index contributed by atoms with van der Waals surface area (Å²) in [5, 5.41) is 22.9. The van der Waals surface area contributed by atoms with Crippen LogP contribution < -0.4 is 5.32 Å². The van der Waals surface area contributed by atoms with Crippen LogP contribution in [0.1, 0.15) is 264 Å². The Hall–Kier alpha value is -1.92. The van der Waals surface area contributed by atoms with E-state index in [1.165, 1.54) is 180 Å². The molecule has 3 N–H and O–H groups in total. The number of unbranched alkanes of at least 4 members (excludes halogenated alkanes) is 32. The lowest BCUT2D eigenvalue weighted by molar-refractivity contribution is -0.143. The average molecular weight is 830 g/mol. The normalized spacial score (nSPS) is 12.9. The molecule has 0 saturated heterocycles. The molecule has 0 fully saturated rings. The van der Waals surface area contributed by atoms with E-state index in [2.05, 4.69) is 37.4 Å². The highest BCUT2D eigenvalue weighted by molar-refractivity contribution is 5.76. The molecule has 0 aliphatic carbocycles. The molecular weight excluding hydrogens is 731 g/mol. The molecule has 0 rings (SSSR count). The molecule has 0 bridgehead atoms. The van der Waals surface area contributed by atoms with Gasteiger partial charge in [0, 0.05) is 12.8 Å². The number of rotatable bonds is 47. The van der Waals surface area contributed by atoms with Crippen LogP contribution in [0, 0.1) is 0 Å². The van der Waals surface area contributed by atoms with Crippen LogP contribution in [0.4, 0.5) is 0 Å². The van der Waals surface area contributed by atoms with Crippen LogP contribution in [0.3, 0.4) is 0 Å².